The van der Waals surface area contributed by atoms with Crippen LogP contribution >= 0.6 is 22.6 Å². The molecule has 0 N–H and O–H groups in total. The van der Waals surface area contributed by atoms with Gasteiger partial charge in [-0.05, 0) is 60.1 Å². The molecule has 0 bridgehead atoms. The first kappa shape index (κ1) is 14.4. The Bertz CT molecular complexity index is 498. The topological polar surface area (TPSA) is 0 Å². The highest BCUT2D eigenvalue weighted by Crippen LogP contribution is 2.30. The first-order chi connectivity index (χ1) is 7.69. The van der Waals surface area contributed by atoms with Crippen molar-refractivity contribution < 1.29 is 12.9 Å². The van der Waals surface area contributed by atoms with Crippen LogP contribution in [0, 0.1) is 36.7 Å². The summed E-state index contributed by atoms with van der Waals surface area (Å²) in [6.45, 7) is 0.399. The van der Waals surface area contributed by atoms with Crippen molar-refractivity contribution in [3.05, 3.63) is 31.4 Å². The van der Waals surface area contributed by atoms with Crippen molar-refractivity contribution in [3.63, 3.8) is 0 Å². The molecular formula is C12H12BF3I-. The standard InChI is InChI=1S/C12H12BF3I/c1-5-10-7(2)11(6-13(14,15)16)9(4)12(17)8(10)3/h1H,6H2,2-4H3/q-1. The zero-order chi connectivity index (χ0) is 13.4. The Morgan fingerprint density at radius 2 is 1.65 bits per heavy atom. The van der Waals surface area contributed by atoms with Crippen LogP contribution in [0.2, 0.25) is 0 Å². The molecule has 0 aliphatic carbocycles. The van der Waals surface area contributed by atoms with E-state index in [1.165, 1.54) is 0 Å². The lowest BCUT2D eigenvalue weighted by atomic mass is 9.77. The second-order valence-corrected chi connectivity index (χ2v) is 5.18. The van der Waals surface area contributed by atoms with Gasteiger partial charge in [-0.2, -0.15) is 0 Å². The lowest BCUT2D eigenvalue weighted by molar-refractivity contribution is 0.468. The Morgan fingerprint density at radius 1 is 1.12 bits per heavy atom. The van der Waals surface area contributed by atoms with Crippen molar-refractivity contribution in [2.24, 2.45) is 0 Å². The van der Waals surface area contributed by atoms with E-state index in [-0.39, 0.29) is 0 Å². The van der Waals surface area contributed by atoms with Gasteiger partial charge in [-0.25, -0.2) is 0 Å². The highest BCUT2D eigenvalue weighted by atomic mass is 127. The van der Waals surface area contributed by atoms with Crippen molar-refractivity contribution >= 4 is 29.6 Å². The third kappa shape index (κ3) is 2.98. The minimum Gasteiger partial charge on any atom is -0.449 e. The van der Waals surface area contributed by atoms with Crippen LogP contribution in [0.1, 0.15) is 27.8 Å². The molecule has 0 aliphatic heterocycles. The molecule has 0 fully saturated rings. The molecule has 0 saturated heterocycles. The molecule has 0 aliphatic rings. The van der Waals surface area contributed by atoms with Gasteiger partial charge in [-0.15, -0.1) is 6.42 Å². The minimum absolute atomic E-state index is 0.334. The summed E-state index contributed by atoms with van der Waals surface area (Å²) in [7, 11) is 0. The van der Waals surface area contributed by atoms with Gasteiger partial charge >= 0.3 is 6.98 Å². The molecule has 17 heavy (non-hydrogen) atoms. The van der Waals surface area contributed by atoms with E-state index in [1.54, 1.807) is 13.8 Å². The highest BCUT2D eigenvalue weighted by Gasteiger charge is 2.26. The van der Waals surface area contributed by atoms with E-state index < -0.39 is 13.3 Å². The molecule has 0 radical (unpaired) electrons. The predicted molar refractivity (Wildman–Crippen MR) is 74.1 cm³/mol. The Kier molecular flexibility index (Phi) is 4.18. The number of terminal acetylenes is 1. The van der Waals surface area contributed by atoms with Gasteiger partial charge in [0, 0.05) is 9.13 Å². The minimum atomic E-state index is -4.84. The molecule has 0 saturated carbocycles. The van der Waals surface area contributed by atoms with Crippen LogP contribution in [-0.4, -0.2) is 6.98 Å². The molecule has 1 rings (SSSR count). The third-order valence-corrected chi connectivity index (χ3v) is 4.51. The van der Waals surface area contributed by atoms with Crippen molar-refractivity contribution in [3.8, 4) is 12.3 Å². The van der Waals surface area contributed by atoms with Gasteiger partial charge in [0.15, 0.2) is 0 Å². The molecule has 5 heteroatoms. The molecule has 0 heterocycles. The molecule has 0 aromatic heterocycles. The maximum Gasteiger partial charge on any atom is 0.482 e. The quantitative estimate of drug-likeness (QED) is 0.427. The zero-order valence-electron chi connectivity index (χ0n) is 9.87. The molecule has 92 valence electrons. The fourth-order valence-corrected chi connectivity index (χ4v) is 2.59. The second-order valence-electron chi connectivity index (χ2n) is 4.10. The van der Waals surface area contributed by atoms with Crippen molar-refractivity contribution in [1.82, 2.24) is 0 Å². The van der Waals surface area contributed by atoms with Gasteiger partial charge in [0.05, 0.1) is 0 Å². The van der Waals surface area contributed by atoms with Crippen molar-refractivity contribution in [1.29, 1.82) is 0 Å². The first-order valence-corrected chi connectivity index (χ1v) is 6.22. The fourth-order valence-electron chi connectivity index (χ4n) is 1.99. The summed E-state index contributed by atoms with van der Waals surface area (Å²) in [6, 6.07) is 0. The lowest BCUT2D eigenvalue weighted by Gasteiger charge is -2.21. The molecule has 0 atom stereocenters. The summed E-state index contributed by atoms with van der Waals surface area (Å²) in [6.07, 6.45) is 4.52. The smallest absolute Gasteiger partial charge is 0.449 e. The average Bonchev–Trinajstić information content (AvgIpc) is 2.21. The average molecular weight is 351 g/mol. The van der Waals surface area contributed by atoms with E-state index in [2.05, 4.69) is 28.5 Å². The van der Waals surface area contributed by atoms with E-state index in [0.29, 0.717) is 22.3 Å². The van der Waals surface area contributed by atoms with Gasteiger partial charge in [0.1, 0.15) is 0 Å². The normalized spacial score (nSPS) is 11.4. The SMILES string of the molecule is C#Cc1c(C)c(I)c(C)c(C[B-](F)(F)F)c1C. The molecule has 0 amide bonds. The number of benzene rings is 1. The Balaban J connectivity index is 3.52. The number of hydrogen-bond donors (Lipinski definition) is 0. The molecule has 0 nitrogen and oxygen atoms in total. The molecule has 0 unspecified atom stereocenters. The molecule has 1 aromatic carbocycles. The maximum atomic E-state index is 12.6. The van der Waals surface area contributed by atoms with E-state index in [0.717, 1.165) is 9.13 Å². The summed E-state index contributed by atoms with van der Waals surface area (Å²) in [4.78, 5) is 0. The summed E-state index contributed by atoms with van der Waals surface area (Å²) in [5.41, 5.74) is 3.10. The van der Waals surface area contributed by atoms with Crippen LogP contribution in [0.4, 0.5) is 12.9 Å². The van der Waals surface area contributed by atoms with Gasteiger partial charge in [0.2, 0.25) is 0 Å². The van der Waals surface area contributed by atoms with Crippen LogP contribution in [0.15, 0.2) is 0 Å². The maximum absolute atomic E-state index is 12.6. The van der Waals surface area contributed by atoms with Gasteiger partial charge in [-0.1, -0.05) is 17.8 Å². The Morgan fingerprint density at radius 3 is 2.06 bits per heavy atom. The summed E-state index contributed by atoms with van der Waals surface area (Å²) < 4.78 is 38.6. The Hall–Kier alpha value is -0.635. The summed E-state index contributed by atoms with van der Waals surface area (Å²) >= 11 is 2.06. The largest absolute Gasteiger partial charge is 0.482 e. The van der Waals surface area contributed by atoms with Crippen LogP contribution in [0.5, 0.6) is 0 Å². The lowest BCUT2D eigenvalue weighted by Crippen LogP contribution is -2.21. The Labute approximate surface area is 113 Å². The fraction of sp³-hybridized carbons (Fsp3) is 0.333. The van der Waals surface area contributed by atoms with E-state index in [4.69, 9.17) is 6.42 Å². The number of rotatable bonds is 2. The monoisotopic (exact) mass is 351 g/mol. The van der Waals surface area contributed by atoms with Crippen LogP contribution in [-0.2, 0) is 6.32 Å². The molecule has 1 aromatic rings. The molecule has 0 spiro atoms. The van der Waals surface area contributed by atoms with Crippen molar-refractivity contribution in [2.75, 3.05) is 0 Å². The van der Waals surface area contributed by atoms with Crippen molar-refractivity contribution in [2.45, 2.75) is 27.1 Å². The summed E-state index contributed by atoms with van der Waals surface area (Å²) in [5, 5.41) is 0. The van der Waals surface area contributed by atoms with E-state index in [1.807, 2.05) is 6.92 Å². The first-order valence-electron chi connectivity index (χ1n) is 5.14. The summed E-state index contributed by atoms with van der Waals surface area (Å²) in [5.74, 6) is 2.49. The zero-order valence-corrected chi connectivity index (χ0v) is 12.0. The highest BCUT2D eigenvalue weighted by molar-refractivity contribution is 14.1. The van der Waals surface area contributed by atoms with Crippen LogP contribution in [0.25, 0.3) is 0 Å². The van der Waals surface area contributed by atoms with E-state index >= 15 is 0 Å². The van der Waals surface area contributed by atoms with Gasteiger partial charge in [0.25, 0.3) is 0 Å². The van der Waals surface area contributed by atoms with Crippen LogP contribution < -0.4 is 0 Å². The van der Waals surface area contributed by atoms with Gasteiger partial charge < -0.3 is 12.9 Å². The third-order valence-electron chi connectivity index (χ3n) is 2.89. The molecular weight excluding hydrogens is 339 g/mol. The van der Waals surface area contributed by atoms with Crippen LogP contribution in [0.3, 0.4) is 0 Å². The number of halogens is 4. The second kappa shape index (κ2) is 4.93. The van der Waals surface area contributed by atoms with Gasteiger partial charge in [-0.3, -0.25) is 0 Å². The predicted octanol–water partition coefficient (Wildman–Crippen LogP) is 4.13. The van der Waals surface area contributed by atoms with E-state index in [9.17, 15) is 12.9 Å². The number of hydrogen-bond acceptors (Lipinski definition) is 0.